The van der Waals surface area contributed by atoms with Crippen LogP contribution in [0.1, 0.15) is 6.92 Å². The molecule has 1 aromatic heterocycles. The molecule has 0 amide bonds. The van der Waals surface area contributed by atoms with E-state index in [4.69, 9.17) is 4.74 Å². The zero-order chi connectivity index (χ0) is 9.97. The quantitative estimate of drug-likeness (QED) is 0.709. The number of pyridine rings is 1. The molecule has 0 bridgehead atoms. The zero-order valence-corrected chi connectivity index (χ0v) is 7.73. The Morgan fingerprint density at radius 1 is 1.36 bits per heavy atom. The van der Waals surface area contributed by atoms with Crippen molar-refractivity contribution < 1.29 is 9.53 Å². The maximum atomic E-state index is 11.3. The number of rotatable bonds is 2. The maximum Gasteiger partial charge on any atom is 0.221 e. The fourth-order valence-electron chi connectivity index (χ4n) is 1.20. The fourth-order valence-corrected chi connectivity index (χ4v) is 1.20. The molecule has 1 aliphatic rings. The van der Waals surface area contributed by atoms with Crippen LogP contribution in [0.4, 0.5) is 0 Å². The average Bonchev–Trinajstić information content (AvgIpc) is 2.51. The van der Waals surface area contributed by atoms with Crippen LogP contribution in [0.2, 0.25) is 0 Å². The van der Waals surface area contributed by atoms with Crippen molar-refractivity contribution in [2.45, 2.75) is 6.92 Å². The van der Waals surface area contributed by atoms with E-state index in [9.17, 15) is 4.79 Å². The summed E-state index contributed by atoms with van der Waals surface area (Å²) >= 11 is 0. The number of aromatic nitrogens is 1. The number of carbonyl (C=O) groups is 1. The molecule has 1 aromatic rings. The highest BCUT2D eigenvalue weighted by atomic mass is 16.5. The molecule has 70 valence electrons. The van der Waals surface area contributed by atoms with Crippen molar-refractivity contribution in [1.82, 2.24) is 4.98 Å². The minimum atomic E-state index is -0.0913. The van der Waals surface area contributed by atoms with E-state index in [1.807, 2.05) is 6.92 Å². The van der Waals surface area contributed by atoms with Gasteiger partial charge in [-0.25, -0.2) is 0 Å². The number of ether oxygens (including phenoxy) is 1. The summed E-state index contributed by atoms with van der Waals surface area (Å²) in [5.41, 5.74) is 0.846. The molecule has 0 radical (unpaired) electrons. The molecule has 3 nitrogen and oxygen atoms in total. The lowest BCUT2D eigenvalue weighted by Gasteiger charge is -2.05. The molecule has 0 saturated heterocycles. The van der Waals surface area contributed by atoms with Crippen molar-refractivity contribution in [3.63, 3.8) is 0 Å². The van der Waals surface area contributed by atoms with Crippen molar-refractivity contribution in [1.29, 1.82) is 0 Å². The summed E-state index contributed by atoms with van der Waals surface area (Å²) in [6.07, 6.45) is 6.48. The smallest absolute Gasteiger partial charge is 0.221 e. The third-order valence-electron chi connectivity index (χ3n) is 1.92. The molecule has 1 aliphatic carbocycles. The van der Waals surface area contributed by atoms with E-state index in [1.54, 1.807) is 30.6 Å². The molecule has 2 rings (SSSR count). The minimum absolute atomic E-state index is 0.0913. The number of carbonyl (C=O) groups excluding carboxylic acids is 1. The summed E-state index contributed by atoms with van der Waals surface area (Å²) in [5, 5.41) is 0. The second-order valence-corrected chi connectivity index (χ2v) is 3.00. The molecule has 3 heteroatoms. The number of hydrogen-bond acceptors (Lipinski definition) is 3. The highest BCUT2D eigenvalue weighted by molar-refractivity contribution is 6.06. The van der Waals surface area contributed by atoms with Crippen molar-refractivity contribution >= 4 is 5.78 Å². The maximum absolute atomic E-state index is 11.3. The summed E-state index contributed by atoms with van der Waals surface area (Å²) in [5.74, 6) is 0.878. The van der Waals surface area contributed by atoms with Gasteiger partial charge in [0.25, 0.3) is 0 Å². The van der Waals surface area contributed by atoms with Gasteiger partial charge in [0.05, 0.1) is 6.20 Å². The Balaban J connectivity index is 2.21. The first-order valence-corrected chi connectivity index (χ1v) is 4.28. The van der Waals surface area contributed by atoms with Gasteiger partial charge in [0.15, 0.2) is 5.76 Å². The molecular weight excluding hydrogens is 178 g/mol. The van der Waals surface area contributed by atoms with Gasteiger partial charge in [0, 0.05) is 6.20 Å². The standard InChI is InChI=1S/C11H9NO2/c1-8-4-5-10(13)11(8)14-9-3-2-6-12-7-9/h2-7H,1H3. The summed E-state index contributed by atoms with van der Waals surface area (Å²) in [7, 11) is 0. The van der Waals surface area contributed by atoms with Crippen LogP contribution in [0, 0.1) is 0 Å². The number of nitrogens with zero attached hydrogens (tertiary/aromatic N) is 1. The second kappa shape index (κ2) is 3.46. The van der Waals surface area contributed by atoms with E-state index in [0.717, 1.165) is 5.57 Å². The molecule has 0 saturated carbocycles. The van der Waals surface area contributed by atoms with Crippen molar-refractivity contribution in [2.24, 2.45) is 0 Å². The van der Waals surface area contributed by atoms with Gasteiger partial charge in [0.2, 0.25) is 5.78 Å². The highest BCUT2D eigenvalue weighted by Gasteiger charge is 2.16. The third-order valence-corrected chi connectivity index (χ3v) is 1.92. The minimum Gasteiger partial charge on any atom is -0.451 e. The van der Waals surface area contributed by atoms with Gasteiger partial charge in [-0.3, -0.25) is 9.78 Å². The summed E-state index contributed by atoms with van der Waals surface area (Å²) in [6, 6.07) is 3.52. The van der Waals surface area contributed by atoms with Gasteiger partial charge < -0.3 is 4.74 Å². The van der Waals surface area contributed by atoms with Gasteiger partial charge >= 0.3 is 0 Å². The normalized spacial score (nSPS) is 15.1. The van der Waals surface area contributed by atoms with Crippen LogP contribution in [-0.2, 0) is 4.79 Å². The molecule has 14 heavy (non-hydrogen) atoms. The monoisotopic (exact) mass is 187 g/mol. The molecule has 0 unspecified atom stereocenters. The van der Waals surface area contributed by atoms with Crippen molar-refractivity contribution in [2.75, 3.05) is 0 Å². The molecule has 0 atom stereocenters. The fraction of sp³-hybridized carbons (Fsp3) is 0.0909. The molecular formula is C11H9NO2. The van der Waals surface area contributed by atoms with Crippen LogP contribution in [0.3, 0.4) is 0 Å². The van der Waals surface area contributed by atoms with Crippen LogP contribution < -0.4 is 4.74 Å². The Morgan fingerprint density at radius 3 is 2.79 bits per heavy atom. The largest absolute Gasteiger partial charge is 0.451 e. The van der Waals surface area contributed by atoms with E-state index >= 15 is 0 Å². The Morgan fingerprint density at radius 2 is 2.21 bits per heavy atom. The first-order chi connectivity index (χ1) is 6.77. The molecule has 0 spiro atoms. The zero-order valence-electron chi connectivity index (χ0n) is 7.73. The first-order valence-electron chi connectivity index (χ1n) is 4.28. The number of allylic oxidation sites excluding steroid dienone is 3. The average molecular weight is 187 g/mol. The predicted molar refractivity (Wildman–Crippen MR) is 51.7 cm³/mol. The van der Waals surface area contributed by atoms with Crippen LogP contribution in [0.5, 0.6) is 5.75 Å². The summed E-state index contributed by atoms with van der Waals surface area (Å²) in [4.78, 5) is 15.2. The highest BCUT2D eigenvalue weighted by Crippen LogP contribution is 2.19. The van der Waals surface area contributed by atoms with Gasteiger partial charge in [-0.1, -0.05) is 6.08 Å². The molecule has 0 aliphatic heterocycles. The Labute approximate surface area is 81.7 Å². The van der Waals surface area contributed by atoms with E-state index in [0.29, 0.717) is 11.5 Å². The summed E-state index contributed by atoms with van der Waals surface area (Å²) < 4.78 is 5.40. The molecule has 0 aromatic carbocycles. The van der Waals surface area contributed by atoms with Gasteiger partial charge in [-0.2, -0.15) is 0 Å². The predicted octanol–water partition coefficient (Wildman–Crippen LogP) is 1.87. The second-order valence-electron chi connectivity index (χ2n) is 3.00. The Kier molecular flexibility index (Phi) is 2.14. The first kappa shape index (κ1) is 8.69. The lowest BCUT2D eigenvalue weighted by Crippen LogP contribution is -2.04. The van der Waals surface area contributed by atoms with Gasteiger partial charge in [0.1, 0.15) is 5.75 Å². The van der Waals surface area contributed by atoms with Crippen LogP contribution >= 0.6 is 0 Å². The van der Waals surface area contributed by atoms with Gasteiger partial charge in [-0.05, 0) is 30.7 Å². The Hall–Kier alpha value is -1.90. The van der Waals surface area contributed by atoms with Crippen LogP contribution in [-0.4, -0.2) is 10.8 Å². The Bertz CT molecular complexity index is 418. The SMILES string of the molecule is CC1=C(Oc2cccnc2)C(=O)C=C1. The van der Waals surface area contributed by atoms with Crippen molar-refractivity contribution in [3.8, 4) is 5.75 Å². The topological polar surface area (TPSA) is 39.2 Å². The van der Waals surface area contributed by atoms with Gasteiger partial charge in [-0.15, -0.1) is 0 Å². The van der Waals surface area contributed by atoms with Crippen molar-refractivity contribution in [3.05, 3.63) is 48.0 Å². The number of ketones is 1. The summed E-state index contributed by atoms with van der Waals surface area (Å²) in [6.45, 7) is 1.84. The van der Waals surface area contributed by atoms with E-state index < -0.39 is 0 Å². The molecule has 0 N–H and O–H groups in total. The van der Waals surface area contributed by atoms with E-state index in [1.165, 1.54) is 6.08 Å². The lowest BCUT2D eigenvalue weighted by atomic mass is 10.3. The van der Waals surface area contributed by atoms with E-state index in [2.05, 4.69) is 4.98 Å². The third kappa shape index (κ3) is 1.57. The molecule has 0 fully saturated rings. The molecule has 1 heterocycles. The van der Waals surface area contributed by atoms with Crippen LogP contribution in [0.15, 0.2) is 48.0 Å². The van der Waals surface area contributed by atoms with E-state index in [-0.39, 0.29) is 5.78 Å². The van der Waals surface area contributed by atoms with Crippen LogP contribution in [0.25, 0.3) is 0 Å². The number of hydrogen-bond donors (Lipinski definition) is 0. The lowest BCUT2D eigenvalue weighted by molar-refractivity contribution is -0.113.